The fourth-order valence-electron chi connectivity index (χ4n) is 4.76. The highest BCUT2D eigenvalue weighted by Crippen LogP contribution is 2.42. The van der Waals surface area contributed by atoms with Gasteiger partial charge in [-0.1, -0.05) is 29.8 Å². The molecule has 0 bridgehead atoms. The van der Waals surface area contributed by atoms with Crippen LogP contribution in [0.1, 0.15) is 22.3 Å². The molecule has 38 heavy (non-hydrogen) atoms. The summed E-state index contributed by atoms with van der Waals surface area (Å²) in [4.78, 5) is 27.2. The lowest BCUT2D eigenvalue weighted by atomic mass is 10.0. The Labute approximate surface area is 220 Å². The van der Waals surface area contributed by atoms with Crippen LogP contribution >= 0.6 is 0 Å². The van der Waals surface area contributed by atoms with Gasteiger partial charge >= 0.3 is 0 Å². The van der Waals surface area contributed by atoms with Gasteiger partial charge in [-0.25, -0.2) is 9.36 Å². The molecule has 0 saturated heterocycles. The lowest BCUT2D eigenvalue weighted by molar-refractivity contribution is -0.117. The molecule has 0 spiro atoms. The standard InChI is InChI=1S/C29H29N3O6/c1-17-9-12-23(18(2)13-17)32-28(34)21-14-19-7-6-8-24(36-4)27(19)38-29(21)31(32)16-26(33)30-22-11-10-20(35-3)15-25(22)37-5/h6-13,15H,14,16H2,1-5H3,(H,30,33). The smallest absolute Gasteiger partial charge is 0.278 e. The van der Waals surface area contributed by atoms with Crippen LogP contribution in [0.15, 0.2) is 59.4 Å². The number of carbonyl (C=O) groups excluding carboxylic acids is 1. The van der Waals surface area contributed by atoms with Crippen LogP contribution in [0.2, 0.25) is 0 Å². The molecule has 9 nitrogen and oxygen atoms in total. The number of fused-ring (bicyclic) bond motifs is 2. The van der Waals surface area contributed by atoms with Crippen LogP contribution in [0, 0.1) is 13.8 Å². The first-order chi connectivity index (χ1) is 18.3. The summed E-state index contributed by atoms with van der Waals surface area (Å²) in [5, 5.41) is 2.89. The van der Waals surface area contributed by atoms with Gasteiger partial charge in [-0.3, -0.25) is 9.59 Å². The summed E-state index contributed by atoms with van der Waals surface area (Å²) in [7, 11) is 4.64. The number of hydrogen-bond acceptors (Lipinski definition) is 6. The van der Waals surface area contributed by atoms with Gasteiger partial charge in [-0.2, -0.15) is 0 Å². The van der Waals surface area contributed by atoms with Crippen LogP contribution in [0.5, 0.6) is 28.9 Å². The van der Waals surface area contributed by atoms with Crippen molar-refractivity contribution in [3.63, 3.8) is 0 Å². The molecule has 0 unspecified atom stereocenters. The normalized spacial score (nSPS) is 11.7. The van der Waals surface area contributed by atoms with Gasteiger partial charge in [0.2, 0.25) is 11.8 Å². The summed E-state index contributed by atoms with van der Waals surface area (Å²) in [6.07, 6.45) is 0.354. The number of ether oxygens (including phenoxy) is 4. The fraction of sp³-hybridized carbons (Fsp3) is 0.241. The molecule has 0 atom stereocenters. The van der Waals surface area contributed by atoms with E-state index in [9.17, 15) is 9.59 Å². The molecular weight excluding hydrogens is 486 g/mol. The third-order valence-corrected chi connectivity index (χ3v) is 6.59. The summed E-state index contributed by atoms with van der Waals surface area (Å²) in [6, 6.07) is 16.5. The minimum atomic E-state index is -0.362. The topological polar surface area (TPSA) is 93.0 Å². The number of aromatic nitrogens is 2. The van der Waals surface area contributed by atoms with Gasteiger partial charge < -0.3 is 24.3 Å². The number of nitrogens with one attached hydrogen (secondary N) is 1. The van der Waals surface area contributed by atoms with Crippen molar-refractivity contribution in [1.29, 1.82) is 0 Å². The van der Waals surface area contributed by atoms with E-state index in [0.29, 0.717) is 52.2 Å². The van der Waals surface area contributed by atoms with Crippen molar-refractivity contribution in [2.45, 2.75) is 26.8 Å². The molecule has 9 heteroatoms. The van der Waals surface area contributed by atoms with Crippen LogP contribution in [0.25, 0.3) is 5.69 Å². The Morgan fingerprint density at radius 1 is 0.974 bits per heavy atom. The summed E-state index contributed by atoms with van der Waals surface area (Å²) in [6.45, 7) is 3.74. The number of carbonyl (C=O) groups is 1. The van der Waals surface area contributed by atoms with E-state index in [1.807, 2.05) is 44.2 Å². The molecular formula is C29H29N3O6. The Morgan fingerprint density at radius 2 is 1.76 bits per heavy atom. The molecule has 4 aromatic rings. The lowest BCUT2D eigenvalue weighted by Crippen LogP contribution is -2.28. The predicted molar refractivity (Wildman–Crippen MR) is 144 cm³/mol. The van der Waals surface area contributed by atoms with E-state index < -0.39 is 0 Å². The van der Waals surface area contributed by atoms with E-state index >= 15 is 0 Å². The quantitative estimate of drug-likeness (QED) is 0.340. The zero-order valence-electron chi connectivity index (χ0n) is 22.0. The molecule has 0 fully saturated rings. The zero-order valence-corrected chi connectivity index (χ0v) is 22.0. The third kappa shape index (κ3) is 4.36. The summed E-state index contributed by atoms with van der Waals surface area (Å²) in [5.74, 6) is 2.09. The van der Waals surface area contributed by atoms with Crippen molar-refractivity contribution in [2.75, 3.05) is 26.6 Å². The van der Waals surface area contributed by atoms with Crippen LogP contribution in [-0.2, 0) is 17.8 Å². The highest BCUT2D eigenvalue weighted by atomic mass is 16.5. The molecule has 1 aliphatic heterocycles. The van der Waals surface area contributed by atoms with E-state index in [-0.39, 0.29) is 18.0 Å². The van der Waals surface area contributed by atoms with Gasteiger partial charge in [0.1, 0.15) is 18.0 Å². The Bertz CT molecular complexity index is 1600. The van der Waals surface area contributed by atoms with Gasteiger partial charge in [0.25, 0.3) is 5.56 Å². The first-order valence-corrected chi connectivity index (χ1v) is 12.1. The average Bonchev–Trinajstić information content (AvgIpc) is 3.17. The number of aryl methyl sites for hydroxylation is 2. The van der Waals surface area contributed by atoms with Crippen molar-refractivity contribution in [1.82, 2.24) is 9.36 Å². The van der Waals surface area contributed by atoms with Crippen LogP contribution in [0.4, 0.5) is 5.69 Å². The van der Waals surface area contributed by atoms with E-state index in [4.69, 9.17) is 18.9 Å². The molecule has 0 radical (unpaired) electrons. The molecule has 1 N–H and O–H groups in total. The summed E-state index contributed by atoms with van der Waals surface area (Å²) in [5.41, 5.74) is 4.19. The SMILES string of the molecule is COc1ccc(NC(=O)Cn2c3c(c(=O)n2-c2ccc(C)cc2C)Cc2cccc(OC)c2O3)c(OC)c1. The van der Waals surface area contributed by atoms with Crippen molar-refractivity contribution in [2.24, 2.45) is 0 Å². The molecule has 1 amide bonds. The van der Waals surface area contributed by atoms with Gasteiger partial charge in [0, 0.05) is 18.1 Å². The number of hydrogen-bond donors (Lipinski definition) is 1. The Kier molecular flexibility index (Phi) is 6.59. The second-order valence-corrected chi connectivity index (χ2v) is 9.09. The molecule has 0 saturated carbocycles. The molecule has 1 aliphatic rings. The monoisotopic (exact) mass is 515 g/mol. The first kappa shape index (κ1) is 25.0. The van der Waals surface area contributed by atoms with E-state index in [0.717, 1.165) is 16.7 Å². The molecule has 0 aliphatic carbocycles. The maximum absolute atomic E-state index is 13.8. The van der Waals surface area contributed by atoms with Gasteiger partial charge in [0.05, 0.1) is 38.3 Å². The highest BCUT2D eigenvalue weighted by Gasteiger charge is 2.31. The second kappa shape index (κ2) is 10.0. The third-order valence-electron chi connectivity index (χ3n) is 6.59. The summed E-state index contributed by atoms with van der Waals surface area (Å²) < 4.78 is 25.6. The van der Waals surface area contributed by atoms with Gasteiger partial charge in [0.15, 0.2) is 11.5 Å². The predicted octanol–water partition coefficient (Wildman–Crippen LogP) is 4.62. The highest BCUT2D eigenvalue weighted by molar-refractivity contribution is 5.92. The Morgan fingerprint density at radius 3 is 2.47 bits per heavy atom. The van der Waals surface area contributed by atoms with Gasteiger partial charge in [-0.05, 0) is 43.7 Å². The van der Waals surface area contributed by atoms with Gasteiger partial charge in [-0.15, -0.1) is 0 Å². The maximum Gasteiger partial charge on any atom is 0.278 e. The van der Waals surface area contributed by atoms with Crippen molar-refractivity contribution < 1.29 is 23.7 Å². The average molecular weight is 516 g/mol. The molecule has 2 heterocycles. The molecule has 1 aromatic heterocycles. The minimum Gasteiger partial charge on any atom is -0.497 e. The van der Waals surface area contributed by atoms with Crippen LogP contribution in [0.3, 0.4) is 0 Å². The number of benzene rings is 3. The maximum atomic E-state index is 13.8. The molecule has 3 aromatic carbocycles. The number of amides is 1. The summed E-state index contributed by atoms with van der Waals surface area (Å²) >= 11 is 0. The second-order valence-electron chi connectivity index (χ2n) is 9.09. The number of rotatable bonds is 7. The van der Waals surface area contributed by atoms with E-state index in [1.54, 1.807) is 43.2 Å². The van der Waals surface area contributed by atoms with Crippen molar-refractivity contribution in [3.8, 4) is 34.6 Å². The zero-order chi connectivity index (χ0) is 27.0. The first-order valence-electron chi connectivity index (χ1n) is 12.1. The van der Waals surface area contributed by atoms with E-state index in [1.165, 1.54) is 11.8 Å². The number of methoxy groups -OCH3 is 3. The fourth-order valence-corrected chi connectivity index (χ4v) is 4.76. The number of para-hydroxylation sites is 1. The molecule has 196 valence electrons. The Balaban J connectivity index is 1.60. The van der Waals surface area contributed by atoms with Crippen molar-refractivity contribution in [3.05, 3.63) is 87.2 Å². The number of anilines is 1. The lowest BCUT2D eigenvalue weighted by Gasteiger charge is -2.21. The minimum absolute atomic E-state index is 0.183. The van der Waals surface area contributed by atoms with Crippen LogP contribution < -0.4 is 29.8 Å². The molecule has 5 rings (SSSR count). The van der Waals surface area contributed by atoms with Crippen LogP contribution in [-0.4, -0.2) is 36.6 Å². The number of nitrogens with zero attached hydrogens (tertiary/aromatic N) is 2. The van der Waals surface area contributed by atoms with E-state index in [2.05, 4.69) is 5.32 Å². The van der Waals surface area contributed by atoms with Crippen molar-refractivity contribution >= 4 is 11.6 Å². The largest absolute Gasteiger partial charge is 0.497 e. The Hall–Kier alpha value is -4.66.